The zero-order valence-electron chi connectivity index (χ0n) is 6.26. The predicted molar refractivity (Wildman–Crippen MR) is 39.6 cm³/mol. The summed E-state index contributed by atoms with van der Waals surface area (Å²) in [5.74, 6) is -0.276. The molecule has 0 aromatic heterocycles. The predicted octanol–water partition coefficient (Wildman–Crippen LogP) is 1.35. The van der Waals surface area contributed by atoms with E-state index in [1.165, 1.54) is 6.92 Å². The van der Waals surface area contributed by atoms with Gasteiger partial charge in [-0.05, 0) is 12.1 Å². The highest BCUT2D eigenvalue weighted by Crippen LogP contribution is 1.95. The Morgan fingerprint density at radius 1 is 1.73 bits per heavy atom. The summed E-state index contributed by atoms with van der Waals surface area (Å²) in [5, 5.41) is 0. The van der Waals surface area contributed by atoms with Crippen LogP contribution in [0, 0.1) is 12.1 Å². The van der Waals surface area contributed by atoms with E-state index in [9.17, 15) is 4.79 Å². The average molecular weight is 148 g/mol. The molecule has 1 aromatic carbocycles. The summed E-state index contributed by atoms with van der Waals surface area (Å²) in [6.45, 7) is 1.67. The van der Waals surface area contributed by atoms with Crippen molar-refractivity contribution in [3.05, 3.63) is 35.9 Å². The molecule has 1 aromatic rings. The van der Waals surface area contributed by atoms with Crippen molar-refractivity contribution >= 4 is 5.97 Å². The molecule has 0 amide bonds. The zero-order valence-corrected chi connectivity index (χ0v) is 6.26. The maximum Gasteiger partial charge on any atom is 0.302 e. The Kier molecular flexibility index (Phi) is 2.51. The van der Waals surface area contributed by atoms with Crippen molar-refractivity contribution in [3.8, 4) is 0 Å². The third-order valence-corrected chi connectivity index (χ3v) is 1.14. The Morgan fingerprint density at radius 2 is 2.55 bits per heavy atom. The highest BCUT2D eigenvalue weighted by molar-refractivity contribution is 5.65. The van der Waals surface area contributed by atoms with Gasteiger partial charge in [-0.25, -0.2) is 0 Å². The molecule has 0 radical (unpaired) electrons. The van der Waals surface area contributed by atoms with E-state index in [4.69, 9.17) is 4.74 Å². The molecule has 0 saturated heterocycles. The number of ether oxygens (including phenoxy) is 1. The van der Waals surface area contributed by atoms with Gasteiger partial charge in [0, 0.05) is 12.5 Å². The van der Waals surface area contributed by atoms with E-state index in [-0.39, 0.29) is 12.6 Å². The van der Waals surface area contributed by atoms with Crippen LogP contribution < -0.4 is 0 Å². The van der Waals surface area contributed by atoms with Gasteiger partial charge in [-0.3, -0.25) is 4.79 Å². The van der Waals surface area contributed by atoms with Crippen molar-refractivity contribution in [3.63, 3.8) is 0 Å². The molecule has 0 N–H and O–H groups in total. The summed E-state index contributed by atoms with van der Waals surface area (Å²) in [4.78, 5) is 10.4. The minimum Gasteiger partial charge on any atom is -0.460 e. The van der Waals surface area contributed by atoms with E-state index < -0.39 is 0 Å². The smallest absolute Gasteiger partial charge is 0.302 e. The van der Waals surface area contributed by atoms with Gasteiger partial charge in [0.15, 0.2) is 0 Å². The summed E-state index contributed by atoms with van der Waals surface area (Å²) in [6.07, 6.45) is 0. The van der Waals surface area contributed by atoms with Crippen LogP contribution in [0.5, 0.6) is 0 Å². The van der Waals surface area contributed by atoms with Gasteiger partial charge in [-0.2, -0.15) is 0 Å². The maximum atomic E-state index is 10.4. The van der Waals surface area contributed by atoms with Gasteiger partial charge < -0.3 is 4.74 Å². The molecule has 0 unspecified atom stereocenters. The summed E-state index contributed by atoms with van der Waals surface area (Å²) >= 11 is 0. The van der Waals surface area contributed by atoms with Crippen LogP contribution in [0.1, 0.15) is 12.5 Å². The molecular formula is C9H8O2. The molecular weight excluding hydrogens is 140 g/mol. The molecule has 1 rings (SSSR count). The van der Waals surface area contributed by atoms with E-state index in [1.54, 1.807) is 6.07 Å². The van der Waals surface area contributed by atoms with Crippen LogP contribution in [0.15, 0.2) is 18.2 Å². The van der Waals surface area contributed by atoms with Crippen LogP contribution in [0.25, 0.3) is 0 Å². The molecule has 56 valence electrons. The minimum atomic E-state index is -0.276. The normalized spacial score (nSPS) is 8.45. The SMILES string of the molecule is CC(=O)OCc1c#cccc1. The second kappa shape index (κ2) is 3.62. The molecule has 0 atom stereocenters. The van der Waals surface area contributed by atoms with Crippen LogP contribution in [0.2, 0.25) is 0 Å². The fourth-order valence-corrected chi connectivity index (χ4v) is 0.652. The first kappa shape index (κ1) is 7.62. The lowest BCUT2D eigenvalue weighted by Gasteiger charge is -1.97. The number of carbonyl (C=O) groups is 1. The van der Waals surface area contributed by atoms with Crippen molar-refractivity contribution in [2.75, 3.05) is 0 Å². The van der Waals surface area contributed by atoms with Gasteiger partial charge in [-0.15, -0.1) is 0 Å². The molecule has 2 heteroatoms. The van der Waals surface area contributed by atoms with Crippen LogP contribution in [0.4, 0.5) is 0 Å². The first-order chi connectivity index (χ1) is 5.29. The third-order valence-electron chi connectivity index (χ3n) is 1.14. The van der Waals surface area contributed by atoms with Crippen LogP contribution in [-0.4, -0.2) is 5.97 Å². The van der Waals surface area contributed by atoms with E-state index >= 15 is 0 Å². The van der Waals surface area contributed by atoms with Crippen molar-refractivity contribution in [2.24, 2.45) is 0 Å². The largest absolute Gasteiger partial charge is 0.460 e. The lowest BCUT2D eigenvalue weighted by molar-refractivity contribution is -0.142. The lowest BCUT2D eigenvalue weighted by Crippen LogP contribution is -1.97. The maximum absolute atomic E-state index is 10.4. The fourth-order valence-electron chi connectivity index (χ4n) is 0.652. The molecule has 0 saturated carbocycles. The van der Waals surface area contributed by atoms with Crippen LogP contribution in [0.3, 0.4) is 0 Å². The fraction of sp³-hybridized carbons (Fsp3) is 0.222. The van der Waals surface area contributed by atoms with Gasteiger partial charge in [-0.1, -0.05) is 18.2 Å². The van der Waals surface area contributed by atoms with E-state index in [0.717, 1.165) is 5.56 Å². The van der Waals surface area contributed by atoms with Gasteiger partial charge in [0.05, 0.1) is 0 Å². The molecule has 0 aliphatic heterocycles. The van der Waals surface area contributed by atoms with Crippen molar-refractivity contribution in [1.29, 1.82) is 0 Å². The van der Waals surface area contributed by atoms with Gasteiger partial charge in [0.25, 0.3) is 0 Å². The quantitative estimate of drug-likeness (QED) is 0.592. The highest BCUT2D eigenvalue weighted by atomic mass is 16.5. The summed E-state index contributed by atoms with van der Waals surface area (Å²) in [6, 6.07) is 11.0. The minimum absolute atomic E-state index is 0.276. The highest BCUT2D eigenvalue weighted by Gasteiger charge is 1.92. The van der Waals surface area contributed by atoms with Gasteiger partial charge in [0.2, 0.25) is 0 Å². The topological polar surface area (TPSA) is 26.3 Å². The molecule has 0 fully saturated rings. The first-order valence-electron chi connectivity index (χ1n) is 3.29. The Hall–Kier alpha value is -1.49. The number of carbonyl (C=O) groups excluding carboxylic acids is 1. The second-order valence-corrected chi connectivity index (χ2v) is 2.10. The number of hydrogen-bond donors (Lipinski definition) is 0. The number of esters is 1. The summed E-state index contributed by atoms with van der Waals surface area (Å²) in [5.41, 5.74) is 0.836. The monoisotopic (exact) mass is 148 g/mol. The lowest BCUT2D eigenvalue weighted by atomic mass is 10.3. The molecule has 0 aliphatic carbocycles. The Labute approximate surface area is 65.8 Å². The van der Waals surface area contributed by atoms with Gasteiger partial charge >= 0.3 is 5.97 Å². The van der Waals surface area contributed by atoms with Crippen molar-refractivity contribution < 1.29 is 9.53 Å². The van der Waals surface area contributed by atoms with Crippen molar-refractivity contribution in [2.45, 2.75) is 13.5 Å². The molecule has 11 heavy (non-hydrogen) atoms. The number of rotatable bonds is 2. The van der Waals surface area contributed by atoms with Crippen LogP contribution in [-0.2, 0) is 16.1 Å². The standard InChI is InChI=1S/C9H8O2/c1-8(10)11-7-9-5-3-2-4-6-9/h2-3,5H,7H2,1H3. The second-order valence-electron chi connectivity index (χ2n) is 2.10. The van der Waals surface area contributed by atoms with E-state index in [1.807, 2.05) is 12.1 Å². The summed E-state index contributed by atoms with van der Waals surface area (Å²) in [7, 11) is 0. The molecule has 0 bridgehead atoms. The van der Waals surface area contributed by atoms with Gasteiger partial charge in [0.1, 0.15) is 6.61 Å². The summed E-state index contributed by atoms with van der Waals surface area (Å²) < 4.78 is 4.74. The Balaban J connectivity index is 2.45. The third kappa shape index (κ3) is 2.72. The molecule has 2 nitrogen and oxygen atoms in total. The first-order valence-corrected chi connectivity index (χ1v) is 3.29. The van der Waals surface area contributed by atoms with Crippen LogP contribution >= 0.6 is 0 Å². The van der Waals surface area contributed by atoms with E-state index in [2.05, 4.69) is 12.1 Å². The van der Waals surface area contributed by atoms with Crippen molar-refractivity contribution in [1.82, 2.24) is 0 Å². The molecule has 0 spiro atoms. The average Bonchev–Trinajstić information content (AvgIpc) is 2.03. The molecule has 0 aliphatic rings. The zero-order chi connectivity index (χ0) is 8.10. The Bertz CT molecular complexity index is 229. The molecule has 0 heterocycles. The number of hydrogen-bond acceptors (Lipinski definition) is 2. The van der Waals surface area contributed by atoms with E-state index in [0.29, 0.717) is 0 Å². The Morgan fingerprint density at radius 3 is 3.09 bits per heavy atom.